The number of hydrogen-bond acceptors (Lipinski definition) is 8. The van der Waals surface area contributed by atoms with Crippen LogP contribution in [-0.2, 0) is 22.0 Å². The lowest BCUT2D eigenvalue weighted by atomic mass is 9.97. The Morgan fingerprint density at radius 1 is 1.23 bits per heavy atom. The van der Waals surface area contributed by atoms with E-state index in [2.05, 4.69) is 17.1 Å². The molecule has 10 heteroatoms. The lowest BCUT2D eigenvalue weighted by Gasteiger charge is -2.32. The van der Waals surface area contributed by atoms with Crippen molar-refractivity contribution in [3.63, 3.8) is 0 Å². The standard InChI is InChI=1S/C25H30ClN5O3S/c1-15-20(16-2-4-18(26)5-3-16)34-23(27-15)17-6-11-31(12-7-17)24-28-19-8-13-35(33)21(19)22(29-24)30-25(14-32)9-10-25/h2-5,15,17,20,32H,6-14H2,1H3,(H,28,29,30). The van der Waals surface area contributed by atoms with Crippen LogP contribution in [-0.4, -0.2) is 62.2 Å². The first-order valence-electron chi connectivity index (χ1n) is 12.4. The number of anilines is 2. The number of nitrogens with zero attached hydrogens (tertiary/aromatic N) is 4. The number of aryl methyl sites for hydroxylation is 1. The molecule has 6 rings (SSSR count). The highest BCUT2D eigenvalue weighted by atomic mass is 35.5. The maximum atomic E-state index is 12.6. The molecular formula is C25H30ClN5O3S. The molecule has 1 saturated carbocycles. The molecule has 2 N–H and O–H groups in total. The minimum atomic E-state index is -1.09. The van der Waals surface area contributed by atoms with Gasteiger partial charge < -0.3 is 20.1 Å². The fraction of sp³-hybridized carbons (Fsp3) is 0.560. The van der Waals surface area contributed by atoms with Crippen LogP contribution in [0.4, 0.5) is 11.8 Å². The third-order valence-electron chi connectivity index (χ3n) is 7.56. The zero-order valence-electron chi connectivity index (χ0n) is 19.7. The number of ether oxygens (including phenoxy) is 1. The molecule has 35 heavy (non-hydrogen) atoms. The van der Waals surface area contributed by atoms with Crippen molar-refractivity contribution in [1.29, 1.82) is 0 Å². The van der Waals surface area contributed by atoms with Gasteiger partial charge in [-0.05, 0) is 50.3 Å². The van der Waals surface area contributed by atoms with E-state index in [9.17, 15) is 9.32 Å². The molecule has 1 aromatic carbocycles. The molecule has 2 aromatic rings. The van der Waals surface area contributed by atoms with Crippen LogP contribution in [0.1, 0.15) is 50.0 Å². The maximum Gasteiger partial charge on any atom is 0.227 e. The van der Waals surface area contributed by atoms with Gasteiger partial charge in [0, 0.05) is 36.2 Å². The summed E-state index contributed by atoms with van der Waals surface area (Å²) in [6, 6.07) is 7.88. The van der Waals surface area contributed by atoms with Gasteiger partial charge in [0.25, 0.3) is 0 Å². The fourth-order valence-corrected chi connectivity index (χ4v) is 6.62. The van der Waals surface area contributed by atoms with Crippen molar-refractivity contribution >= 4 is 40.1 Å². The Morgan fingerprint density at radius 3 is 2.66 bits per heavy atom. The second-order valence-electron chi connectivity index (χ2n) is 10.1. The summed E-state index contributed by atoms with van der Waals surface area (Å²) in [4.78, 5) is 17.4. The monoisotopic (exact) mass is 515 g/mol. The van der Waals surface area contributed by atoms with E-state index in [4.69, 9.17) is 31.3 Å². The second kappa shape index (κ2) is 9.01. The Bertz CT molecular complexity index is 1180. The van der Waals surface area contributed by atoms with Crippen molar-refractivity contribution < 1.29 is 14.1 Å². The minimum Gasteiger partial charge on any atom is -0.470 e. The first-order chi connectivity index (χ1) is 16.9. The molecular weight excluding hydrogens is 486 g/mol. The van der Waals surface area contributed by atoms with Gasteiger partial charge in [0.05, 0.1) is 34.7 Å². The summed E-state index contributed by atoms with van der Waals surface area (Å²) >= 11 is 6.04. The third kappa shape index (κ3) is 4.42. The lowest BCUT2D eigenvalue weighted by molar-refractivity contribution is 0.186. The number of benzene rings is 1. The Labute approximate surface area is 212 Å². The van der Waals surface area contributed by atoms with Gasteiger partial charge in [-0.1, -0.05) is 23.7 Å². The summed E-state index contributed by atoms with van der Waals surface area (Å²) in [5.41, 5.74) is 1.64. The van der Waals surface area contributed by atoms with Crippen LogP contribution < -0.4 is 10.2 Å². The minimum absolute atomic E-state index is 0.0523. The Balaban J connectivity index is 1.15. The van der Waals surface area contributed by atoms with Crippen LogP contribution in [0.2, 0.25) is 5.02 Å². The molecule has 3 unspecified atom stereocenters. The van der Waals surface area contributed by atoms with Crippen molar-refractivity contribution in [2.45, 2.75) is 61.6 Å². The zero-order valence-corrected chi connectivity index (χ0v) is 21.3. The van der Waals surface area contributed by atoms with Gasteiger partial charge in [-0.2, -0.15) is 4.98 Å². The number of hydrogen-bond donors (Lipinski definition) is 2. The Kier molecular flexibility index (Phi) is 5.97. The topological polar surface area (TPSA) is 99.9 Å². The third-order valence-corrected chi connectivity index (χ3v) is 9.27. The van der Waals surface area contributed by atoms with Gasteiger partial charge in [0.1, 0.15) is 16.8 Å². The van der Waals surface area contributed by atoms with Crippen LogP contribution >= 0.6 is 11.6 Å². The van der Waals surface area contributed by atoms with E-state index in [0.29, 0.717) is 23.9 Å². The first kappa shape index (κ1) is 23.2. The molecule has 1 saturated heterocycles. The van der Waals surface area contributed by atoms with E-state index in [1.165, 1.54) is 0 Å². The summed E-state index contributed by atoms with van der Waals surface area (Å²) in [7, 11) is -1.09. The van der Waals surface area contributed by atoms with Crippen LogP contribution in [0.3, 0.4) is 0 Å². The van der Waals surface area contributed by atoms with E-state index in [-0.39, 0.29) is 30.2 Å². The number of aliphatic hydroxyl groups is 1. The quantitative estimate of drug-likeness (QED) is 0.607. The molecule has 2 fully saturated rings. The van der Waals surface area contributed by atoms with E-state index >= 15 is 0 Å². The zero-order chi connectivity index (χ0) is 24.2. The molecule has 3 aliphatic heterocycles. The van der Waals surface area contributed by atoms with Gasteiger partial charge in [-0.15, -0.1) is 0 Å². The van der Waals surface area contributed by atoms with Crippen molar-refractivity contribution in [3.8, 4) is 0 Å². The average molecular weight is 516 g/mol. The summed E-state index contributed by atoms with van der Waals surface area (Å²) in [5.74, 6) is 3.02. The molecule has 186 valence electrons. The van der Waals surface area contributed by atoms with Crippen molar-refractivity contribution in [2.24, 2.45) is 10.9 Å². The molecule has 4 heterocycles. The van der Waals surface area contributed by atoms with Crippen molar-refractivity contribution in [3.05, 3.63) is 40.5 Å². The lowest BCUT2D eigenvalue weighted by Crippen LogP contribution is -2.38. The van der Waals surface area contributed by atoms with Crippen molar-refractivity contribution in [1.82, 2.24) is 9.97 Å². The molecule has 0 amide bonds. The molecule has 4 aliphatic rings. The van der Waals surface area contributed by atoms with E-state index in [1.807, 2.05) is 24.3 Å². The molecule has 1 aromatic heterocycles. The van der Waals surface area contributed by atoms with Crippen molar-refractivity contribution in [2.75, 3.05) is 35.7 Å². The number of fused-ring (bicyclic) bond motifs is 1. The van der Waals surface area contributed by atoms with Gasteiger partial charge in [-0.25, -0.2) is 9.98 Å². The summed E-state index contributed by atoms with van der Waals surface area (Å²) in [6.07, 6.45) is 4.24. The highest BCUT2D eigenvalue weighted by Crippen LogP contribution is 2.41. The van der Waals surface area contributed by atoms with Crippen LogP contribution in [0.25, 0.3) is 0 Å². The molecule has 0 radical (unpaired) electrons. The van der Waals surface area contributed by atoms with Crippen LogP contribution in [0.15, 0.2) is 34.2 Å². The highest BCUT2D eigenvalue weighted by molar-refractivity contribution is 7.85. The van der Waals surface area contributed by atoms with Gasteiger partial charge >= 0.3 is 0 Å². The largest absolute Gasteiger partial charge is 0.470 e. The number of halogens is 1. The second-order valence-corrected chi connectivity index (χ2v) is 12.0. The van der Waals surface area contributed by atoms with Gasteiger partial charge in [-0.3, -0.25) is 4.21 Å². The van der Waals surface area contributed by atoms with Crippen LogP contribution in [0.5, 0.6) is 0 Å². The normalized spacial score (nSPS) is 27.3. The Hall–Kier alpha value is -2.23. The molecule has 1 aliphatic carbocycles. The number of aliphatic imine (C=N–C) groups is 1. The maximum absolute atomic E-state index is 12.6. The number of rotatable bonds is 6. The summed E-state index contributed by atoms with van der Waals surface area (Å²) in [5, 5.41) is 13.9. The predicted molar refractivity (Wildman–Crippen MR) is 137 cm³/mol. The predicted octanol–water partition coefficient (Wildman–Crippen LogP) is 3.51. The van der Waals surface area contributed by atoms with E-state index in [1.54, 1.807) is 0 Å². The number of piperidine rings is 1. The Morgan fingerprint density at radius 2 is 1.97 bits per heavy atom. The van der Waals surface area contributed by atoms with E-state index in [0.717, 1.165) is 65.8 Å². The molecule has 8 nitrogen and oxygen atoms in total. The molecule has 3 atom stereocenters. The van der Waals surface area contributed by atoms with Gasteiger partial charge in [0.15, 0.2) is 5.90 Å². The number of aromatic nitrogens is 2. The summed E-state index contributed by atoms with van der Waals surface area (Å²) < 4.78 is 18.9. The SMILES string of the molecule is CC1N=C(C2CCN(c3nc4c(c(NC5(CO)CC5)n3)S(=O)CC4)CC2)OC1c1ccc(Cl)cc1. The van der Waals surface area contributed by atoms with E-state index < -0.39 is 10.8 Å². The number of nitrogens with one attached hydrogen (secondary N) is 1. The van der Waals surface area contributed by atoms with Gasteiger partial charge in [0.2, 0.25) is 5.95 Å². The summed E-state index contributed by atoms with van der Waals surface area (Å²) in [6.45, 7) is 3.76. The first-order valence-corrected chi connectivity index (χ1v) is 14.1. The smallest absolute Gasteiger partial charge is 0.227 e. The number of aliphatic hydroxyl groups excluding tert-OH is 1. The fourth-order valence-electron chi connectivity index (χ4n) is 5.19. The average Bonchev–Trinajstić information content (AvgIpc) is 3.38. The molecule has 0 spiro atoms. The molecule has 0 bridgehead atoms. The van der Waals surface area contributed by atoms with Crippen LogP contribution in [0, 0.1) is 5.92 Å². The highest BCUT2D eigenvalue weighted by Gasteiger charge is 2.44.